The summed E-state index contributed by atoms with van der Waals surface area (Å²) >= 11 is 0. The molecule has 0 spiro atoms. The van der Waals surface area contributed by atoms with E-state index < -0.39 is 22.0 Å². The quantitative estimate of drug-likeness (QED) is 0.747. The molecule has 7 nitrogen and oxygen atoms in total. The molecule has 1 aliphatic rings. The van der Waals surface area contributed by atoms with Crippen molar-refractivity contribution in [2.45, 2.75) is 24.4 Å². The Hall–Kier alpha value is -3.02. The van der Waals surface area contributed by atoms with Crippen molar-refractivity contribution < 1.29 is 23.1 Å². The first-order chi connectivity index (χ1) is 13.4. The van der Waals surface area contributed by atoms with Crippen LogP contribution in [-0.4, -0.2) is 43.0 Å². The van der Waals surface area contributed by atoms with E-state index in [1.165, 1.54) is 24.3 Å². The number of nitrogens with one attached hydrogen (secondary N) is 1. The fourth-order valence-corrected chi connectivity index (χ4v) is 4.47. The second-order valence-electron chi connectivity index (χ2n) is 6.13. The molecule has 0 amide bonds. The van der Waals surface area contributed by atoms with Gasteiger partial charge in [-0.05, 0) is 42.8 Å². The lowest BCUT2D eigenvalue weighted by molar-refractivity contribution is -0.141. The Balaban J connectivity index is 1.93. The molecule has 146 valence electrons. The molecule has 0 fully saturated rings. The molecular formula is C20H20N2O5S. The Bertz CT molecular complexity index is 1020. The number of benzene rings is 2. The molecular weight excluding hydrogens is 380 g/mol. The molecule has 0 saturated carbocycles. The lowest BCUT2D eigenvalue weighted by Crippen LogP contribution is -2.46. The maximum atomic E-state index is 13.2. The van der Waals surface area contributed by atoms with Crippen molar-refractivity contribution in [2.75, 3.05) is 18.5 Å². The fourth-order valence-electron chi connectivity index (χ4n) is 2.91. The number of carboxylic acids is 1. The zero-order valence-electron chi connectivity index (χ0n) is 15.3. The summed E-state index contributed by atoms with van der Waals surface area (Å²) in [4.78, 5) is 11.8. The van der Waals surface area contributed by atoms with Gasteiger partial charge in [0, 0.05) is 18.8 Å². The van der Waals surface area contributed by atoms with E-state index >= 15 is 0 Å². The summed E-state index contributed by atoms with van der Waals surface area (Å²) in [5, 5.41) is 12.6. The van der Waals surface area contributed by atoms with Crippen LogP contribution in [0, 0.1) is 11.8 Å². The highest BCUT2D eigenvalue weighted by Crippen LogP contribution is 2.28. The van der Waals surface area contributed by atoms with Gasteiger partial charge in [-0.3, -0.25) is 4.79 Å². The van der Waals surface area contributed by atoms with Crippen LogP contribution >= 0.6 is 0 Å². The molecule has 8 heteroatoms. The Kier molecular flexibility index (Phi) is 5.87. The summed E-state index contributed by atoms with van der Waals surface area (Å²) in [6.45, 7) is 1.85. The van der Waals surface area contributed by atoms with E-state index in [2.05, 4.69) is 17.2 Å². The molecule has 1 atom stereocenters. The van der Waals surface area contributed by atoms with Crippen LogP contribution in [0.15, 0.2) is 53.4 Å². The van der Waals surface area contributed by atoms with Crippen LogP contribution in [0.25, 0.3) is 0 Å². The van der Waals surface area contributed by atoms with Gasteiger partial charge in [0.25, 0.3) is 0 Å². The minimum Gasteiger partial charge on any atom is -0.481 e. The zero-order chi connectivity index (χ0) is 20.1. The molecule has 0 radical (unpaired) electrons. The van der Waals surface area contributed by atoms with Crippen molar-refractivity contribution in [3.05, 3.63) is 54.1 Å². The van der Waals surface area contributed by atoms with Gasteiger partial charge >= 0.3 is 5.97 Å². The summed E-state index contributed by atoms with van der Waals surface area (Å²) in [6, 6.07) is 11.8. The maximum Gasteiger partial charge on any atom is 0.323 e. The predicted molar refractivity (Wildman–Crippen MR) is 104 cm³/mol. The van der Waals surface area contributed by atoms with Gasteiger partial charge in [0.15, 0.2) is 0 Å². The lowest BCUT2D eigenvalue weighted by atomic mass is 10.2. The van der Waals surface area contributed by atoms with Crippen molar-refractivity contribution in [3.63, 3.8) is 0 Å². The summed E-state index contributed by atoms with van der Waals surface area (Å²) in [7, 11) is -4.04. The van der Waals surface area contributed by atoms with Crippen LogP contribution in [0.2, 0.25) is 0 Å². The fraction of sp³-hybridized carbons (Fsp3) is 0.250. The third-order valence-electron chi connectivity index (χ3n) is 4.38. The minimum atomic E-state index is -4.04. The highest BCUT2D eigenvalue weighted by molar-refractivity contribution is 7.89. The summed E-state index contributed by atoms with van der Waals surface area (Å²) in [5.74, 6) is 4.74. The number of anilines is 1. The highest BCUT2D eigenvalue weighted by Gasteiger charge is 2.38. The monoisotopic (exact) mass is 400 g/mol. The molecule has 0 aliphatic carbocycles. The second kappa shape index (κ2) is 8.33. The molecule has 0 saturated heterocycles. The van der Waals surface area contributed by atoms with Crippen molar-refractivity contribution in [1.29, 1.82) is 0 Å². The van der Waals surface area contributed by atoms with Gasteiger partial charge in [-0.1, -0.05) is 24.1 Å². The topological polar surface area (TPSA) is 95.9 Å². The van der Waals surface area contributed by atoms with Gasteiger partial charge < -0.3 is 15.2 Å². The van der Waals surface area contributed by atoms with Crippen LogP contribution in [-0.2, 0) is 21.4 Å². The normalized spacial score (nSPS) is 16.7. The highest BCUT2D eigenvalue weighted by atomic mass is 32.2. The summed E-state index contributed by atoms with van der Waals surface area (Å²) in [5.41, 5.74) is 1.44. The van der Waals surface area contributed by atoms with Crippen LogP contribution < -0.4 is 10.1 Å². The van der Waals surface area contributed by atoms with Crippen LogP contribution in [0.3, 0.4) is 0 Å². The van der Waals surface area contributed by atoms with Gasteiger partial charge in [0.2, 0.25) is 10.0 Å². The molecule has 3 rings (SSSR count). The average Bonchev–Trinajstić information content (AvgIpc) is 2.89. The number of rotatable bonds is 5. The van der Waals surface area contributed by atoms with Crippen LogP contribution in [0.4, 0.5) is 5.69 Å². The Morgan fingerprint density at radius 2 is 1.96 bits per heavy atom. The predicted octanol–water partition coefficient (Wildman–Crippen LogP) is 2.16. The van der Waals surface area contributed by atoms with E-state index in [9.17, 15) is 18.3 Å². The standard InChI is InChI=1S/C20H20N2O5S/c1-2-3-12-27-16-8-10-17(11-9-16)28(25,26)22-14-15-6-4-5-7-18(15)21-13-19(22)20(23)24/h4-11,19,21H,12-14H2,1H3,(H,23,24). The molecule has 0 aromatic heterocycles. The number of sulfonamides is 1. The molecule has 1 aliphatic heterocycles. The van der Waals surface area contributed by atoms with Gasteiger partial charge in [-0.25, -0.2) is 8.42 Å². The largest absolute Gasteiger partial charge is 0.481 e. The first-order valence-electron chi connectivity index (χ1n) is 8.62. The van der Waals surface area contributed by atoms with Gasteiger partial charge in [-0.2, -0.15) is 4.31 Å². The first kappa shape index (κ1) is 19.7. The van der Waals surface area contributed by atoms with Gasteiger partial charge in [0.1, 0.15) is 18.4 Å². The van der Waals surface area contributed by atoms with E-state index in [0.29, 0.717) is 11.3 Å². The third-order valence-corrected chi connectivity index (χ3v) is 6.25. The minimum absolute atomic E-state index is 0.00653. The van der Waals surface area contributed by atoms with Crippen molar-refractivity contribution in [1.82, 2.24) is 4.31 Å². The first-order valence-corrected chi connectivity index (χ1v) is 10.1. The van der Waals surface area contributed by atoms with Gasteiger partial charge in [0.05, 0.1) is 4.90 Å². The smallest absolute Gasteiger partial charge is 0.323 e. The second-order valence-corrected chi connectivity index (χ2v) is 8.02. The SMILES string of the molecule is CC#CCOc1ccc(S(=O)(=O)N2Cc3ccccc3NCC2C(=O)O)cc1. The Labute approximate surface area is 164 Å². The summed E-state index contributed by atoms with van der Waals surface area (Å²) < 4.78 is 32.8. The zero-order valence-corrected chi connectivity index (χ0v) is 16.1. The number of ether oxygens (including phenoxy) is 1. The molecule has 0 bridgehead atoms. The summed E-state index contributed by atoms with van der Waals surface area (Å²) in [6.07, 6.45) is 0. The number of nitrogens with zero attached hydrogens (tertiary/aromatic N) is 1. The average molecular weight is 400 g/mol. The van der Waals surface area contributed by atoms with E-state index in [1.807, 2.05) is 6.07 Å². The number of hydrogen-bond acceptors (Lipinski definition) is 5. The van der Waals surface area contributed by atoms with E-state index in [1.54, 1.807) is 25.1 Å². The van der Waals surface area contributed by atoms with E-state index in [-0.39, 0.29) is 24.6 Å². The van der Waals surface area contributed by atoms with Crippen LogP contribution in [0.1, 0.15) is 12.5 Å². The van der Waals surface area contributed by atoms with Crippen molar-refractivity contribution >= 4 is 21.7 Å². The molecule has 1 unspecified atom stereocenters. The van der Waals surface area contributed by atoms with Crippen LogP contribution in [0.5, 0.6) is 5.75 Å². The Morgan fingerprint density at radius 1 is 1.25 bits per heavy atom. The lowest BCUT2D eigenvalue weighted by Gasteiger charge is -2.26. The number of fused-ring (bicyclic) bond motifs is 1. The maximum absolute atomic E-state index is 13.2. The third kappa shape index (κ3) is 4.11. The van der Waals surface area contributed by atoms with Crippen molar-refractivity contribution in [3.8, 4) is 17.6 Å². The number of carbonyl (C=O) groups is 1. The molecule has 2 aromatic rings. The number of aliphatic carboxylic acids is 1. The molecule has 1 heterocycles. The van der Waals surface area contributed by atoms with Gasteiger partial charge in [-0.15, -0.1) is 5.92 Å². The Morgan fingerprint density at radius 3 is 2.64 bits per heavy atom. The van der Waals surface area contributed by atoms with Crippen molar-refractivity contribution in [2.24, 2.45) is 0 Å². The molecule has 2 N–H and O–H groups in total. The van der Waals surface area contributed by atoms with E-state index in [4.69, 9.17) is 4.74 Å². The molecule has 28 heavy (non-hydrogen) atoms. The molecule has 2 aromatic carbocycles. The van der Waals surface area contributed by atoms with E-state index in [0.717, 1.165) is 9.99 Å². The number of carboxylic acid groups (broad SMARTS) is 1. The number of hydrogen-bond donors (Lipinski definition) is 2. The number of para-hydroxylation sites is 1.